The van der Waals surface area contributed by atoms with Gasteiger partial charge in [-0.2, -0.15) is 0 Å². The van der Waals surface area contributed by atoms with Crippen LogP contribution in [0.1, 0.15) is 27.8 Å². The van der Waals surface area contributed by atoms with Crippen LogP contribution in [0.2, 0.25) is 0 Å². The van der Waals surface area contributed by atoms with Crippen molar-refractivity contribution in [1.29, 1.82) is 0 Å². The Balaban J connectivity index is 2.25. The molecule has 0 fully saturated rings. The zero-order chi connectivity index (χ0) is 40.2. The molecule has 0 spiro atoms. The van der Waals surface area contributed by atoms with Gasteiger partial charge in [0.15, 0.2) is 0 Å². The van der Waals surface area contributed by atoms with Crippen molar-refractivity contribution in [3.63, 3.8) is 0 Å². The zero-order valence-electron chi connectivity index (χ0n) is 26.5. The summed E-state index contributed by atoms with van der Waals surface area (Å²) in [6.45, 7) is 0. The van der Waals surface area contributed by atoms with Gasteiger partial charge in [-0.3, -0.25) is 0 Å². The topological polar surface area (TPSA) is 48.8 Å². The van der Waals surface area contributed by atoms with E-state index in [0.29, 0.717) is 121 Å². The van der Waals surface area contributed by atoms with Crippen LogP contribution in [0.15, 0.2) is 125 Å². The molecule has 0 aromatic heterocycles. The van der Waals surface area contributed by atoms with Crippen LogP contribution in [-0.2, 0) is 30.9 Å². The summed E-state index contributed by atoms with van der Waals surface area (Å²) in [6, 6.07) is 11.1. The monoisotopic (exact) mass is 897 g/mol. The van der Waals surface area contributed by atoms with Crippen molar-refractivity contribution in [2.45, 2.75) is 30.9 Å². The third-order valence-electron chi connectivity index (χ3n) is 9.03. The second kappa shape index (κ2) is 12.6. The third-order valence-corrected chi connectivity index (χ3v) is 30.8. The molecule has 0 aliphatic rings. The quantitative estimate of drug-likeness (QED) is 0.0537. The van der Waals surface area contributed by atoms with Gasteiger partial charge in [-0.05, 0) is 0 Å². The molecule has 19 heteroatoms. The molecular formula is C35H20F15N3Te. The van der Waals surface area contributed by atoms with Crippen LogP contribution in [0.25, 0.3) is 10.4 Å². The number of hydrogen-bond donors (Lipinski definition) is 0. The van der Waals surface area contributed by atoms with E-state index in [9.17, 15) is 71.4 Å². The second-order valence-electron chi connectivity index (χ2n) is 11.8. The third kappa shape index (κ3) is 5.84. The number of rotatable bonds is 6. The first-order valence-corrected chi connectivity index (χ1v) is 21.7. The van der Waals surface area contributed by atoms with Gasteiger partial charge < -0.3 is 0 Å². The van der Waals surface area contributed by atoms with E-state index in [-0.39, 0.29) is 0 Å². The molecular weight excluding hydrogens is 875 g/mol. The van der Waals surface area contributed by atoms with Crippen LogP contribution in [-0.4, -0.2) is 15.7 Å². The zero-order valence-corrected chi connectivity index (χ0v) is 28.8. The van der Waals surface area contributed by atoms with Gasteiger partial charge in [0.1, 0.15) is 0 Å². The van der Waals surface area contributed by atoms with E-state index < -0.39 is 92.5 Å². The summed E-state index contributed by atoms with van der Waals surface area (Å²) in [5.74, 6) is 0. The first-order chi connectivity index (χ1) is 24.8. The molecule has 0 aliphatic heterocycles. The fourth-order valence-electron chi connectivity index (χ4n) is 6.57. The van der Waals surface area contributed by atoms with E-state index in [1.54, 1.807) is 0 Å². The molecule has 0 amide bonds. The summed E-state index contributed by atoms with van der Waals surface area (Å²) in [6.07, 6.45) is -25.4. The summed E-state index contributed by atoms with van der Waals surface area (Å²) >= 11 is -8.32. The number of hydrogen-bond acceptors (Lipinski definition) is 1. The van der Waals surface area contributed by atoms with Crippen LogP contribution in [0.5, 0.6) is 0 Å². The first kappa shape index (κ1) is 40.3. The Morgan fingerprint density at radius 2 is 0.463 bits per heavy atom. The van der Waals surface area contributed by atoms with Crippen molar-refractivity contribution in [2.75, 3.05) is 0 Å². The number of benzene rings is 5. The van der Waals surface area contributed by atoms with Crippen LogP contribution in [0.3, 0.4) is 0 Å². The molecule has 0 aliphatic carbocycles. The van der Waals surface area contributed by atoms with Crippen molar-refractivity contribution >= 4 is 33.8 Å². The van der Waals surface area contributed by atoms with Crippen molar-refractivity contribution in [2.24, 2.45) is 3.36 Å². The number of halogens is 15. The number of azide groups is 1. The van der Waals surface area contributed by atoms with E-state index in [1.807, 2.05) is 0 Å². The van der Waals surface area contributed by atoms with E-state index in [1.165, 1.54) is 0 Å². The molecule has 0 saturated carbocycles. The van der Waals surface area contributed by atoms with Gasteiger partial charge in [0.05, 0.1) is 0 Å². The molecule has 0 saturated heterocycles. The van der Waals surface area contributed by atoms with Gasteiger partial charge in [0.2, 0.25) is 0 Å². The Labute approximate surface area is 292 Å². The van der Waals surface area contributed by atoms with Crippen LogP contribution in [0, 0.1) is 0 Å². The summed E-state index contributed by atoms with van der Waals surface area (Å²) in [5, 5.41) is 0. The molecule has 5 aromatic carbocycles. The van der Waals surface area contributed by atoms with E-state index >= 15 is 0 Å². The Hall–Kier alpha value is -4.85. The summed E-state index contributed by atoms with van der Waals surface area (Å²) in [4.78, 5) is 2.99. The second-order valence-corrected chi connectivity index (χ2v) is 27.4. The Morgan fingerprint density at radius 3 is 0.574 bits per heavy atom. The molecule has 0 radical (unpaired) electrons. The average Bonchev–Trinajstić information content (AvgIpc) is 3.09. The minimum absolute atomic E-state index is 0.425. The molecule has 0 N–H and O–H groups in total. The summed E-state index contributed by atoms with van der Waals surface area (Å²) < 4.78 is 211. The molecule has 0 atom stereocenters. The van der Waals surface area contributed by atoms with Crippen LogP contribution < -0.4 is 18.1 Å². The fraction of sp³-hybridized carbons (Fsp3) is 0.143. The molecule has 5 rings (SSSR count). The van der Waals surface area contributed by atoms with Gasteiger partial charge >= 0.3 is 293 Å². The molecule has 286 valence electrons. The molecule has 0 heterocycles. The van der Waals surface area contributed by atoms with Gasteiger partial charge in [-0.15, -0.1) is 0 Å². The predicted molar refractivity (Wildman–Crippen MR) is 170 cm³/mol. The Bertz CT molecular complexity index is 1850. The summed E-state index contributed by atoms with van der Waals surface area (Å²) in [7, 11) is 0. The van der Waals surface area contributed by atoms with Crippen molar-refractivity contribution in [1.82, 2.24) is 0 Å². The normalized spacial score (nSPS) is 14.5. The maximum absolute atomic E-state index is 14.0. The average molecular weight is 895 g/mol. The van der Waals surface area contributed by atoms with Crippen LogP contribution >= 0.6 is 0 Å². The molecule has 0 bridgehead atoms. The fourth-order valence-corrected chi connectivity index (χ4v) is 27.7. The van der Waals surface area contributed by atoms with Crippen molar-refractivity contribution < 1.29 is 65.9 Å². The van der Waals surface area contributed by atoms with Crippen LogP contribution in [0.4, 0.5) is 65.9 Å². The van der Waals surface area contributed by atoms with E-state index in [0.717, 1.165) is 0 Å². The predicted octanol–water partition coefficient (Wildman–Crippen LogP) is 9.78. The molecule has 3 nitrogen and oxygen atoms in total. The number of nitrogens with zero attached hydrogens (tertiary/aromatic N) is 3. The SMILES string of the molecule is [N-]=[N+]=N[Te](c1ccc(C(F)(F)F)cc1)(c1ccc(C(F)(F)F)cc1)(c1ccc(C(F)(F)F)cc1)(c1ccc(C(F)(F)F)cc1)c1ccc(C(F)(F)F)cc1. The first-order valence-electron chi connectivity index (χ1n) is 14.8. The Kier molecular flexibility index (Phi) is 9.42. The van der Waals surface area contributed by atoms with Gasteiger partial charge in [0.25, 0.3) is 0 Å². The molecule has 5 aromatic rings. The van der Waals surface area contributed by atoms with Gasteiger partial charge in [0, 0.05) is 0 Å². The Morgan fingerprint density at radius 1 is 0.315 bits per heavy atom. The standard InChI is InChI=1S/C35H20F15N3Te/c36-31(37,38)21-1-11-26(12-2-21)54(53-52-51,27-13-3-22(4-14-27)32(39,40)41,28-15-5-23(6-16-28)33(42,43)44,29-17-7-24(8-18-29)34(45,46)47)30-19-9-25(10-20-30)35(48,49)50/h1-20H. The minimum atomic E-state index is -8.32. The van der Waals surface area contributed by atoms with Gasteiger partial charge in [-0.25, -0.2) is 0 Å². The molecule has 0 unspecified atom stereocenters. The van der Waals surface area contributed by atoms with Gasteiger partial charge in [-0.1, -0.05) is 0 Å². The van der Waals surface area contributed by atoms with E-state index in [2.05, 4.69) is 8.28 Å². The van der Waals surface area contributed by atoms with E-state index in [4.69, 9.17) is 0 Å². The summed E-state index contributed by atoms with van der Waals surface area (Å²) in [5.41, 5.74) is 3.73. The van der Waals surface area contributed by atoms with Crippen molar-refractivity contribution in [3.8, 4) is 0 Å². The maximum atomic E-state index is 14.0. The van der Waals surface area contributed by atoms with Crippen molar-refractivity contribution in [3.05, 3.63) is 160 Å². The molecule has 54 heavy (non-hydrogen) atoms. The number of alkyl halides is 15.